The largest absolute Gasteiger partial charge is 0.369 e. The lowest BCUT2D eigenvalue weighted by Crippen LogP contribution is -2.42. The molecule has 7 heteroatoms. The number of nitrogens with one attached hydrogen (secondary N) is 1. The van der Waals surface area contributed by atoms with Crippen molar-refractivity contribution in [3.8, 4) is 0 Å². The highest BCUT2D eigenvalue weighted by atomic mass is 32.2. The predicted molar refractivity (Wildman–Crippen MR) is 72.5 cm³/mol. The number of carbonyl (C=O) groups is 1. The number of primary amides is 1. The number of hydrogen-bond acceptors (Lipinski definition) is 3. The average Bonchev–Trinajstić information content (AvgIpc) is 2.79. The van der Waals surface area contributed by atoms with E-state index in [1.165, 1.54) is 18.2 Å². The molecule has 1 fully saturated rings. The Balaban J connectivity index is 2.08. The maximum atomic E-state index is 13.5. The van der Waals surface area contributed by atoms with Gasteiger partial charge in [-0.25, -0.2) is 17.5 Å². The molecule has 20 heavy (non-hydrogen) atoms. The van der Waals surface area contributed by atoms with Crippen LogP contribution in [0.5, 0.6) is 0 Å². The van der Waals surface area contributed by atoms with Crippen LogP contribution in [0.4, 0.5) is 4.39 Å². The monoisotopic (exact) mass is 300 g/mol. The molecular weight excluding hydrogens is 283 g/mol. The number of nitrogens with two attached hydrogens (primary N) is 1. The Morgan fingerprint density at radius 1 is 1.35 bits per heavy atom. The van der Waals surface area contributed by atoms with E-state index in [1.807, 2.05) is 0 Å². The number of carbonyl (C=O) groups excluding carboxylic acids is 1. The number of hydrogen-bond donors (Lipinski definition) is 2. The highest BCUT2D eigenvalue weighted by molar-refractivity contribution is 7.88. The van der Waals surface area contributed by atoms with Crippen LogP contribution in [0, 0.1) is 11.7 Å². The minimum atomic E-state index is -3.70. The van der Waals surface area contributed by atoms with Crippen molar-refractivity contribution in [2.45, 2.75) is 31.1 Å². The summed E-state index contributed by atoms with van der Waals surface area (Å²) in [5, 5.41) is 0. The molecule has 0 aromatic heterocycles. The molecule has 1 aliphatic carbocycles. The van der Waals surface area contributed by atoms with Gasteiger partial charge in [0.1, 0.15) is 5.82 Å². The second-order valence-electron chi connectivity index (χ2n) is 5.01. The fraction of sp³-hybridized carbons (Fsp3) is 0.462. The SMILES string of the molecule is NC(=O)[C@@H]1CCC[C@@H]1NS(=O)(=O)Cc1ccccc1F. The molecule has 2 rings (SSSR count). The predicted octanol–water partition coefficient (Wildman–Crippen LogP) is 0.899. The molecule has 0 aliphatic heterocycles. The minimum absolute atomic E-state index is 0.105. The zero-order valence-corrected chi connectivity index (χ0v) is 11.7. The average molecular weight is 300 g/mol. The van der Waals surface area contributed by atoms with E-state index in [0.717, 1.165) is 6.42 Å². The summed E-state index contributed by atoms with van der Waals surface area (Å²) in [5.41, 5.74) is 5.36. The molecule has 0 saturated heterocycles. The maximum absolute atomic E-state index is 13.5. The second kappa shape index (κ2) is 5.88. The first-order chi connectivity index (χ1) is 9.39. The molecular formula is C13H17FN2O3S. The van der Waals surface area contributed by atoms with Crippen LogP contribution in [0.3, 0.4) is 0 Å². The Kier molecular flexibility index (Phi) is 4.39. The number of sulfonamides is 1. The van der Waals surface area contributed by atoms with Crippen LogP contribution in [0.25, 0.3) is 0 Å². The molecule has 1 aromatic carbocycles. The van der Waals surface area contributed by atoms with E-state index in [2.05, 4.69) is 4.72 Å². The lowest BCUT2D eigenvalue weighted by atomic mass is 10.0. The van der Waals surface area contributed by atoms with E-state index in [1.54, 1.807) is 6.07 Å². The van der Waals surface area contributed by atoms with Gasteiger partial charge in [0, 0.05) is 11.6 Å². The number of amides is 1. The van der Waals surface area contributed by atoms with Crippen molar-refractivity contribution in [3.05, 3.63) is 35.6 Å². The van der Waals surface area contributed by atoms with Gasteiger partial charge in [-0.1, -0.05) is 24.6 Å². The standard InChI is InChI=1S/C13H17FN2O3S/c14-11-6-2-1-4-9(11)8-20(18,19)16-12-7-3-5-10(12)13(15)17/h1-2,4,6,10,12,16H,3,5,7-8H2,(H2,15,17)/t10-,12+/m1/s1. The smallest absolute Gasteiger partial charge is 0.222 e. The molecule has 0 bridgehead atoms. The van der Waals surface area contributed by atoms with E-state index in [4.69, 9.17) is 5.73 Å². The van der Waals surface area contributed by atoms with Gasteiger partial charge in [0.25, 0.3) is 0 Å². The van der Waals surface area contributed by atoms with Crippen LogP contribution in [0.15, 0.2) is 24.3 Å². The molecule has 1 aromatic rings. The van der Waals surface area contributed by atoms with E-state index in [0.29, 0.717) is 12.8 Å². The summed E-state index contributed by atoms with van der Waals surface area (Å²) >= 11 is 0. The van der Waals surface area contributed by atoms with Crippen molar-refractivity contribution in [2.75, 3.05) is 0 Å². The first-order valence-corrected chi connectivity index (χ1v) is 8.07. The summed E-state index contributed by atoms with van der Waals surface area (Å²) in [4.78, 5) is 11.2. The van der Waals surface area contributed by atoms with E-state index in [9.17, 15) is 17.6 Å². The molecule has 110 valence electrons. The quantitative estimate of drug-likeness (QED) is 0.846. The Hall–Kier alpha value is -1.47. The number of rotatable bonds is 5. The van der Waals surface area contributed by atoms with Crippen molar-refractivity contribution in [2.24, 2.45) is 11.7 Å². The van der Waals surface area contributed by atoms with Crippen molar-refractivity contribution < 1.29 is 17.6 Å². The van der Waals surface area contributed by atoms with Gasteiger partial charge >= 0.3 is 0 Å². The van der Waals surface area contributed by atoms with Crippen molar-refractivity contribution in [1.82, 2.24) is 4.72 Å². The summed E-state index contributed by atoms with van der Waals surface area (Å²) in [5.74, 6) is -1.98. The molecule has 0 spiro atoms. The fourth-order valence-corrected chi connectivity index (χ4v) is 4.00. The van der Waals surface area contributed by atoms with Crippen LogP contribution in [0.2, 0.25) is 0 Å². The zero-order chi connectivity index (χ0) is 14.8. The molecule has 0 radical (unpaired) electrons. The van der Waals surface area contributed by atoms with Gasteiger partial charge in [-0.3, -0.25) is 4.79 Å². The maximum Gasteiger partial charge on any atom is 0.222 e. The molecule has 1 aliphatic rings. The Labute approximate surface area is 117 Å². The topological polar surface area (TPSA) is 89.3 Å². The minimum Gasteiger partial charge on any atom is -0.369 e. The third-order valence-electron chi connectivity index (χ3n) is 3.52. The van der Waals surface area contributed by atoms with Gasteiger partial charge in [0.2, 0.25) is 15.9 Å². The summed E-state index contributed by atoms with van der Waals surface area (Å²) in [6.07, 6.45) is 1.91. The lowest BCUT2D eigenvalue weighted by molar-refractivity contribution is -0.122. The molecule has 1 amide bonds. The summed E-state index contributed by atoms with van der Waals surface area (Å²) < 4.78 is 40.0. The van der Waals surface area contributed by atoms with Crippen LogP contribution in [0.1, 0.15) is 24.8 Å². The van der Waals surface area contributed by atoms with Crippen LogP contribution < -0.4 is 10.5 Å². The van der Waals surface area contributed by atoms with Crippen molar-refractivity contribution in [3.63, 3.8) is 0 Å². The first kappa shape index (κ1) is 14.9. The zero-order valence-electron chi connectivity index (χ0n) is 10.9. The number of benzene rings is 1. The van der Waals surface area contributed by atoms with Crippen LogP contribution >= 0.6 is 0 Å². The van der Waals surface area contributed by atoms with Crippen LogP contribution in [-0.2, 0) is 20.6 Å². The van der Waals surface area contributed by atoms with E-state index < -0.39 is 39.5 Å². The first-order valence-electron chi connectivity index (χ1n) is 6.42. The lowest BCUT2D eigenvalue weighted by Gasteiger charge is -2.18. The Bertz CT molecular complexity index is 603. The van der Waals surface area contributed by atoms with Gasteiger partial charge < -0.3 is 5.73 Å². The molecule has 3 N–H and O–H groups in total. The summed E-state index contributed by atoms with van der Waals surface area (Å²) in [7, 11) is -3.70. The molecule has 5 nitrogen and oxygen atoms in total. The van der Waals surface area contributed by atoms with Gasteiger partial charge in [-0.15, -0.1) is 0 Å². The third-order valence-corrected chi connectivity index (χ3v) is 4.87. The van der Waals surface area contributed by atoms with Gasteiger partial charge in [0.05, 0.1) is 11.7 Å². The van der Waals surface area contributed by atoms with Crippen LogP contribution in [-0.4, -0.2) is 20.4 Å². The summed E-state index contributed by atoms with van der Waals surface area (Å²) in [6, 6.07) is 5.24. The molecule has 0 heterocycles. The van der Waals surface area contributed by atoms with Gasteiger partial charge in [-0.05, 0) is 18.9 Å². The van der Waals surface area contributed by atoms with Crippen molar-refractivity contribution in [1.29, 1.82) is 0 Å². The van der Waals surface area contributed by atoms with Gasteiger partial charge in [-0.2, -0.15) is 0 Å². The second-order valence-corrected chi connectivity index (χ2v) is 6.77. The van der Waals surface area contributed by atoms with Crippen molar-refractivity contribution >= 4 is 15.9 Å². The fourth-order valence-electron chi connectivity index (χ4n) is 2.53. The normalized spacial score (nSPS) is 22.9. The molecule has 1 saturated carbocycles. The molecule has 2 atom stereocenters. The Morgan fingerprint density at radius 2 is 2.05 bits per heavy atom. The highest BCUT2D eigenvalue weighted by Crippen LogP contribution is 2.26. The molecule has 0 unspecified atom stereocenters. The number of halogens is 1. The van der Waals surface area contributed by atoms with E-state index >= 15 is 0 Å². The summed E-state index contributed by atoms with van der Waals surface area (Å²) in [6.45, 7) is 0. The Morgan fingerprint density at radius 3 is 2.70 bits per heavy atom. The third kappa shape index (κ3) is 3.55. The van der Waals surface area contributed by atoms with E-state index in [-0.39, 0.29) is 5.56 Å². The van der Waals surface area contributed by atoms with Gasteiger partial charge in [0.15, 0.2) is 0 Å². The highest BCUT2D eigenvalue weighted by Gasteiger charge is 2.34.